The average molecular weight is 472 g/mol. The van der Waals surface area contributed by atoms with Crippen LogP contribution in [-0.4, -0.2) is 25.9 Å². The van der Waals surface area contributed by atoms with Crippen LogP contribution in [0.2, 0.25) is 0 Å². The molecule has 4 aromatic rings. The molecular formula is C29H29NO5. The van der Waals surface area contributed by atoms with Crippen LogP contribution in [0.4, 0.5) is 0 Å². The third-order valence-corrected chi connectivity index (χ3v) is 6.70. The molecule has 5 rings (SSSR count). The second-order valence-corrected chi connectivity index (χ2v) is 8.97. The molecule has 0 aliphatic carbocycles. The molecule has 1 aliphatic heterocycles. The number of benzene rings is 3. The lowest BCUT2D eigenvalue weighted by atomic mass is 9.96. The summed E-state index contributed by atoms with van der Waals surface area (Å²) in [4.78, 5) is 15.1. The van der Waals surface area contributed by atoms with Gasteiger partial charge in [-0.25, -0.2) is 4.79 Å². The van der Waals surface area contributed by atoms with Gasteiger partial charge in [-0.2, -0.15) is 0 Å². The number of rotatable bonds is 6. The van der Waals surface area contributed by atoms with Crippen LogP contribution < -0.4 is 19.8 Å². The summed E-state index contributed by atoms with van der Waals surface area (Å²) in [6, 6.07) is 18.1. The first-order valence-corrected chi connectivity index (χ1v) is 11.7. The quantitative estimate of drug-likeness (QED) is 0.353. The maximum atomic E-state index is 12.9. The Morgan fingerprint density at radius 1 is 0.914 bits per heavy atom. The summed E-state index contributed by atoms with van der Waals surface area (Å²) in [7, 11) is 3.28. The van der Waals surface area contributed by atoms with Crippen molar-refractivity contribution >= 4 is 11.0 Å². The maximum Gasteiger partial charge on any atom is 0.340 e. The molecule has 0 unspecified atom stereocenters. The number of aryl methyl sites for hydroxylation is 2. The summed E-state index contributed by atoms with van der Waals surface area (Å²) in [6.45, 7) is 5.86. The maximum absolute atomic E-state index is 12.9. The van der Waals surface area contributed by atoms with Gasteiger partial charge in [-0.3, -0.25) is 4.90 Å². The van der Waals surface area contributed by atoms with Crippen LogP contribution in [0.5, 0.6) is 17.2 Å². The van der Waals surface area contributed by atoms with Crippen LogP contribution in [0, 0.1) is 13.8 Å². The Labute approximate surface area is 204 Å². The van der Waals surface area contributed by atoms with Gasteiger partial charge in [0.25, 0.3) is 0 Å². The van der Waals surface area contributed by atoms with Crippen molar-refractivity contribution in [2.75, 3.05) is 21.0 Å². The molecule has 3 aromatic carbocycles. The lowest BCUT2D eigenvalue weighted by molar-refractivity contribution is 0.0880. The lowest BCUT2D eigenvalue weighted by Gasteiger charge is -2.30. The van der Waals surface area contributed by atoms with Crippen molar-refractivity contribution in [2.45, 2.75) is 33.4 Å². The fourth-order valence-electron chi connectivity index (χ4n) is 4.84. The van der Waals surface area contributed by atoms with E-state index in [9.17, 15) is 4.79 Å². The molecule has 1 aliphatic rings. The minimum Gasteiger partial charge on any atom is -0.493 e. The predicted octanol–water partition coefficient (Wildman–Crippen LogP) is 5.37. The van der Waals surface area contributed by atoms with Crippen LogP contribution in [0.25, 0.3) is 11.0 Å². The highest BCUT2D eigenvalue weighted by Crippen LogP contribution is 2.37. The van der Waals surface area contributed by atoms with E-state index in [4.69, 9.17) is 18.6 Å². The summed E-state index contributed by atoms with van der Waals surface area (Å²) >= 11 is 0. The molecule has 0 bridgehead atoms. The summed E-state index contributed by atoms with van der Waals surface area (Å²) in [5.41, 5.74) is 6.13. The molecule has 6 nitrogen and oxygen atoms in total. The van der Waals surface area contributed by atoms with E-state index in [-0.39, 0.29) is 5.63 Å². The number of ether oxygens (including phenoxy) is 3. The van der Waals surface area contributed by atoms with Gasteiger partial charge in [0.2, 0.25) is 0 Å². The zero-order valence-electron chi connectivity index (χ0n) is 20.5. The van der Waals surface area contributed by atoms with E-state index in [1.54, 1.807) is 14.2 Å². The zero-order chi connectivity index (χ0) is 24.5. The van der Waals surface area contributed by atoms with Crippen molar-refractivity contribution in [3.63, 3.8) is 0 Å². The van der Waals surface area contributed by atoms with Gasteiger partial charge < -0.3 is 18.6 Å². The van der Waals surface area contributed by atoms with E-state index in [0.29, 0.717) is 42.3 Å². The smallest absolute Gasteiger partial charge is 0.340 e. The van der Waals surface area contributed by atoms with E-state index in [0.717, 1.165) is 45.5 Å². The van der Waals surface area contributed by atoms with E-state index >= 15 is 0 Å². The molecule has 0 amide bonds. The van der Waals surface area contributed by atoms with E-state index in [1.807, 2.05) is 62.4 Å². The Balaban J connectivity index is 1.47. The van der Waals surface area contributed by atoms with Crippen molar-refractivity contribution in [3.8, 4) is 17.2 Å². The Bertz CT molecular complexity index is 1440. The molecule has 1 aromatic heterocycles. The first kappa shape index (κ1) is 23.0. The summed E-state index contributed by atoms with van der Waals surface area (Å²) in [5, 5.41) is 0.961. The van der Waals surface area contributed by atoms with Crippen molar-refractivity contribution in [2.24, 2.45) is 0 Å². The molecule has 6 heteroatoms. The van der Waals surface area contributed by atoms with Gasteiger partial charge in [0, 0.05) is 41.6 Å². The second kappa shape index (κ2) is 9.47. The van der Waals surface area contributed by atoms with Crippen LogP contribution in [0.15, 0.2) is 63.8 Å². The molecule has 0 fully saturated rings. The fourth-order valence-corrected chi connectivity index (χ4v) is 4.84. The summed E-state index contributed by atoms with van der Waals surface area (Å²) in [6.07, 6.45) is 0.545. The van der Waals surface area contributed by atoms with Crippen LogP contribution in [0.3, 0.4) is 0 Å². The normalized spacial score (nSPS) is 13.4. The molecule has 0 radical (unpaired) electrons. The second-order valence-electron chi connectivity index (χ2n) is 8.97. The third-order valence-electron chi connectivity index (χ3n) is 6.70. The van der Waals surface area contributed by atoms with Gasteiger partial charge in [-0.05, 0) is 48.7 Å². The van der Waals surface area contributed by atoms with Gasteiger partial charge in [-0.1, -0.05) is 36.4 Å². The van der Waals surface area contributed by atoms with Gasteiger partial charge >= 0.3 is 5.63 Å². The SMILES string of the molecule is COc1ccc(CN2COc3c(cc4c(C)c(Cc5ccccc5)c(=O)oc4c3C)C2)cc1OC. The predicted molar refractivity (Wildman–Crippen MR) is 135 cm³/mol. The largest absolute Gasteiger partial charge is 0.493 e. The van der Waals surface area contributed by atoms with E-state index < -0.39 is 0 Å². The molecule has 35 heavy (non-hydrogen) atoms. The molecule has 0 N–H and O–H groups in total. The van der Waals surface area contributed by atoms with Crippen LogP contribution >= 0.6 is 0 Å². The fraction of sp³-hybridized carbons (Fsp3) is 0.276. The van der Waals surface area contributed by atoms with Crippen molar-refractivity contribution in [1.82, 2.24) is 4.90 Å². The van der Waals surface area contributed by atoms with Crippen LogP contribution in [-0.2, 0) is 19.5 Å². The minimum atomic E-state index is -0.284. The third kappa shape index (κ3) is 4.37. The number of hydrogen-bond donors (Lipinski definition) is 0. The molecule has 2 heterocycles. The minimum absolute atomic E-state index is 0.284. The summed E-state index contributed by atoms with van der Waals surface area (Å²) in [5.74, 6) is 2.23. The molecule has 0 atom stereocenters. The van der Waals surface area contributed by atoms with Crippen molar-refractivity contribution in [1.29, 1.82) is 0 Å². The Morgan fingerprint density at radius 2 is 1.69 bits per heavy atom. The van der Waals surface area contributed by atoms with Gasteiger partial charge in [0.05, 0.1) is 14.2 Å². The van der Waals surface area contributed by atoms with Crippen molar-refractivity contribution in [3.05, 3.63) is 98.4 Å². The molecular weight excluding hydrogens is 442 g/mol. The standard InChI is InChI=1S/C29H29NO5/c1-18-23-14-22-16-30(15-21-10-11-25(32-3)26(13-21)33-4)17-34-27(22)19(2)28(23)35-29(31)24(18)12-20-8-6-5-7-9-20/h5-11,13-14H,12,15-17H2,1-4H3. The lowest BCUT2D eigenvalue weighted by Crippen LogP contribution is -2.32. The number of hydrogen-bond acceptors (Lipinski definition) is 6. The number of nitrogens with zero attached hydrogens (tertiary/aromatic N) is 1. The highest BCUT2D eigenvalue weighted by molar-refractivity contribution is 5.87. The van der Waals surface area contributed by atoms with E-state index in [1.165, 1.54) is 0 Å². The highest BCUT2D eigenvalue weighted by Gasteiger charge is 2.24. The van der Waals surface area contributed by atoms with Gasteiger partial charge in [-0.15, -0.1) is 0 Å². The monoisotopic (exact) mass is 471 g/mol. The van der Waals surface area contributed by atoms with Crippen LogP contribution in [0.1, 0.15) is 33.4 Å². The van der Waals surface area contributed by atoms with Gasteiger partial charge in [0.1, 0.15) is 18.1 Å². The van der Waals surface area contributed by atoms with Gasteiger partial charge in [0.15, 0.2) is 11.5 Å². The van der Waals surface area contributed by atoms with E-state index in [2.05, 4.69) is 11.0 Å². The molecule has 0 spiro atoms. The highest BCUT2D eigenvalue weighted by atomic mass is 16.5. The molecule has 0 saturated heterocycles. The topological polar surface area (TPSA) is 61.1 Å². The first-order valence-electron chi connectivity index (χ1n) is 11.7. The zero-order valence-corrected chi connectivity index (χ0v) is 20.5. The average Bonchev–Trinajstić information content (AvgIpc) is 2.88. The Kier molecular flexibility index (Phi) is 6.22. The number of methoxy groups -OCH3 is 2. The number of fused-ring (bicyclic) bond motifs is 2. The first-order chi connectivity index (χ1) is 17.0. The Hall–Kier alpha value is -3.77. The Morgan fingerprint density at radius 3 is 2.43 bits per heavy atom. The van der Waals surface area contributed by atoms with Crippen molar-refractivity contribution < 1.29 is 18.6 Å². The summed E-state index contributed by atoms with van der Waals surface area (Å²) < 4.78 is 22.8. The molecule has 0 saturated carbocycles. The molecule has 180 valence electrons.